The molecule has 0 unspecified atom stereocenters. The molecule has 2 nitrogen and oxygen atoms in total. The number of allylic oxidation sites excluding steroid dienone is 2. The highest BCUT2D eigenvalue weighted by atomic mass is 16.6. The highest BCUT2D eigenvalue weighted by Gasteiger charge is 2.53. The van der Waals surface area contributed by atoms with E-state index in [0.29, 0.717) is 0 Å². The van der Waals surface area contributed by atoms with Gasteiger partial charge in [-0.15, -0.1) is 0 Å². The first-order valence-electron chi connectivity index (χ1n) is 5.57. The Hall–Kier alpha value is -0.660. The number of rotatable bonds is 0. The Labute approximate surface area is 93.7 Å². The first-order chi connectivity index (χ1) is 6.51. The molecule has 15 heavy (non-hydrogen) atoms. The van der Waals surface area contributed by atoms with Crippen LogP contribution in [0, 0.1) is 5.41 Å². The summed E-state index contributed by atoms with van der Waals surface area (Å²) in [6.07, 6.45) is 0. The Kier molecular flexibility index (Phi) is 2.62. The largest absolute Gasteiger partial charge is 0.488 e. The van der Waals surface area contributed by atoms with Gasteiger partial charge in [0, 0.05) is 5.41 Å². The lowest BCUT2D eigenvalue weighted by atomic mass is 9.66. The van der Waals surface area contributed by atoms with Crippen molar-refractivity contribution in [2.24, 2.45) is 5.41 Å². The lowest BCUT2D eigenvalue weighted by Gasteiger charge is -2.48. The van der Waals surface area contributed by atoms with Gasteiger partial charge in [-0.2, -0.15) is 0 Å². The van der Waals surface area contributed by atoms with Crippen molar-refractivity contribution >= 4 is 0 Å². The van der Waals surface area contributed by atoms with E-state index < -0.39 is 0 Å². The molecule has 0 saturated carbocycles. The molecule has 0 fully saturated rings. The monoisotopic (exact) mass is 212 g/mol. The second kappa shape index (κ2) is 3.16. The maximum absolute atomic E-state index is 6.02. The maximum atomic E-state index is 6.02. The van der Waals surface area contributed by atoms with E-state index in [1.807, 2.05) is 13.8 Å². The zero-order valence-electron chi connectivity index (χ0n) is 11.3. The Morgan fingerprint density at radius 2 is 0.933 bits per heavy atom. The van der Waals surface area contributed by atoms with Gasteiger partial charge in [0.25, 0.3) is 0 Å². The van der Waals surface area contributed by atoms with Crippen LogP contribution >= 0.6 is 0 Å². The van der Waals surface area contributed by atoms with Crippen LogP contribution < -0.4 is 0 Å². The average molecular weight is 212 g/mol. The Bertz CT molecular complexity index is 268. The molecule has 88 valence electrons. The summed E-state index contributed by atoms with van der Waals surface area (Å²) in [5.74, 6) is 1.78. The van der Waals surface area contributed by atoms with E-state index in [-0.39, 0.29) is 16.6 Å². The third-order valence-electron chi connectivity index (χ3n) is 4.32. The van der Waals surface area contributed by atoms with Gasteiger partial charge >= 0.3 is 0 Å². The van der Waals surface area contributed by atoms with Gasteiger partial charge in [0.1, 0.15) is 22.7 Å². The minimum atomic E-state index is -0.238. The summed E-state index contributed by atoms with van der Waals surface area (Å²) >= 11 is 0. The van der Waals surface area contributed by atoms with Crippen LogP contribution in [0.2, 0.25) is 0 Å². The minimum Gasteiger partial charge on any atom is -0.488 e. The fraction of sp³-hybridized carbons (Fsp3) is 0.846. The molecule has 0 radical (unpaired) electrons. The molecule has 0 atom stereocenters. The Balaban J connectivity index is 3.27. The summed E-state index contributed by atoms with van der Waals surface area (Å²) in [6.45, 7) is 16.8. The molecule has 1 heterocycles. The number of ether oxygens (including phenoxy) is 2. The molecule has 0 aromatic carbocycles. The zero-order chi connectivity index (χ0) is 12.1. The van der Waals surface area contributed by atoms with E-state index in [1.165, 1.54) is 0 Å². The third kappa shape index (κ3) is 1.75. The summed E-state index contributed by atoms with van der Waals surface area (Å²) in [4.78, 5) is 0. The van der Waals surface area contributed by atoms with Crippen LogP contribution in [0.25, 0.3) is 0 Å². The molecule has 0 aromatic rings. The molecule has 1 rings (SSSR count). The predicted octanol–water partition coefficient (Wildman–Crippen LogP) is 3.87. The van der Waals surface area contributed by atoms with Crippen molar-refractivity contribution in [2.45, 2.75) is 66.6 Å². The van der Waals surface area contributed by atoms with Crippen molar-refractivity contribution in [1.29, 1.82) is 0 Å². The van der Waals surface area contributed by atoms with Gasteiger partial charge in [-0.1, -0.05) is 13.8 Å². The van der Waals surface area contributed by atoms with E-state index in [9.17, 15) is 0 Å². The summed E-state index contributed by atoms with van der Waals surface area (Å²) in [7, 11) is 0. The minimum absolute atomic E-state index is 0.0704. The molecule has 0 saturated heterocycles. The van der Waals surface area contributed by atoms with Gasteiger partial charge in [-0.05, 0) is 41.5 Å². The van der Waals surface area contributed by atoms with Gasteiger partial charge in [0.05, 0.1) is 0 Å². The van der Waals surface area contributed by atoms with E-state index in [0.717, 1.165) is 11.5 Å². The molecular weight excluding hydrogens is 188 g/mol. The normalized spacial score (nSPS) is 27.7. The quantitative estimate of drug-likeness (QED) is 0.607. The summed E-state index contributed by atoms with van der Waals surface area (Å²) < 4.78 is 12.0. The molecule has 0 spiro atoms. The number of hydrogen-bond acceptors (Lipinski definition) is 2. The molecule has 1 aliphatic rings. The fourth-order valence-corrected chi connectivity index (χ4v) is 1.89. The third-order valence-corrected chi connectivity index (χ3v) is 4.32. The Morgan fingerprint density at radius 3 is 1.20 bits per heavy atom. The first-order valence-corrected chi connectivity index (χ1v) is 5.57. The van der Waals surface area contributed by atoms with Crippen molar-refractivity contribution in [3.8, 4) is 0 Å². The molecule has 1 aliphatic heterocycles. The van der Waals surface area contributed by atoms with E-state index in [2.05, 4.69) is 41.5 Å². The molecule has 0 bridgehead atoms. The van der Waals surface area contributed by atoms with Crippen LogP contribution in [-0.2, 0) is 9.47 Å². The second-order valence-corrected chi connectivity index (χ2v) is 5.96. The molecule has 0 amide bonds. The summed E-state index contributed by atoms with van der Waals surface area (Å²) in [5.41, 5.74) is -0.546. The zero-order valence-corrected chi connectivity index (χ0v) is 11.3. The van der Waals surface area contributed by atoms with Crippen LogP contribution in [0.1, 0.15) is 55.4 Å². The topological polar surface area (TPSA) is 18.5 Å². The van der Waals surface area contributed by atoms with E-state index >= 15 is 0 Å². The lowest BCUT2D eigenvalue weighted by molar-refractivity contribution is -0.143. The van der Waals surface area contributed by atoms with Gasteiger partial charge < -0.3 is 9.47 Å². The van der Waals surface area contributed by atoms with Crippen LogP contribution in [-0.4, -0.2) is 11.2 Å². The van der Waals surface area contributed by atoms with E-state index in [1.54, 1.807) is 0 Å². The van der Waals surface area contributed by atoms with Crippen molar-refractivity contribution < 1.29 is 9.47 Å². The average Bonchev–Trinajstić information content (AvgIpc) is 2.03. The van der Waals surface area contributed by atoms with Gasteiger partial charge in [-0.25, -0.2) is 0 Å². The van der Waals surface area contributed by atoms with E-state index in [4.69, 9.17) is 9.47 Å². The predicted molar refractivity (Wildman–Crippen MR) is 62.5 cm³/mol. The number of hydrogen-bond donors (Lipinski definition) is 0. The first kappa shape index (κ1) is 12.4. The van der Waals surface area contributed by atoms with Crippen LogP contribution in [0.4, 0.5) is 0 Å². The van der Waals surface area contributed by atoms with Crippen LogP contribution in [0.5, 0.6) is 0 Å². The standard InChI is InChI=1S/C13H24O2/c1-9-10(2)15-13(7,8)11(3,4)12(5,6)14-9/h1-8H3. The van der Waals surface area contributed by atoms with Gasteiger partial charge in [0.15, 0.2) is 0 Å². The SMILES string of the molecule is CC1=C(C)OC(C)(C)C(C)(C)C(C)(C)O1. The van der Waals surface area contributed by atoms with Gasteiger partial charge in [0.2, 0.25) is 0 Å². The maximum Gasteiger partial charge on any atom is 0.131 e. The highest BCUT2D eigenvalue weighted by Crippen LogP contribution is 2.48. The van der Waals surface area contributed by atoms with Crippen LogP contribution in [0.3, 0.4) is 0 Å². The van der Waals surface area contributed by atoms with Crippen LogP contribution in [0.15, 0.2) is 11.5 Å². The van der Waals surface area contributed by atoms with Crippen molar-refractivity contribution in [3.05, 3.63) is 11.5 Å². The molecule has 0 N–H and O–H groups in total. The fourth-order valence-electron chi connectivity index (χ4n) is 1.89. The molecule has 0 aromatic heterocycles. The highest BCUT2D eigenvalue weighted by molar-refractivity contribution is 5.10. The van der Waals surface area contributed by atoms with Crippen molar-refractivity contribution in [1.82, 2.24) is 0 Å². The molecular formula is C13H24O2. The smallest absolute Gasteiger partial charge is 0.131 e. The van der Waals surface area contributed by atoms with Gasteiger partial charge in [-0.3, -0.25) is 0 Å². The second-order valence-electron chi connectivity index (χ2n) is 5.96. The summed E-state index contributed by atoms with van der Waals surface area (Å²) in [5, 5.41) is 0. The van der Waals surface area contributed by atoms with Crippen molar-refractivity contribution in [3.63, 3.8) is 0 Å². The summed E-state index contributed by atoms with van der Waals surface area (Å²) in [6, 6.07) is 0. The molecule has 2 heteroatoms. The lowest BCUT2D eigenvalue weighted by Crippen LogP contribution is -2.53. The Morgan fingerprint density at radius 1 is 0.667 bits per heavy atom. The molecule has 0 aliphatic carbocycles. The van der Waals surface area contributed by atoms with Crippen molar-refractivity contribution in [2.75, 3.05) is 0 Å².